The fourth-order valence-electron chi connectivity index (χ4n) is 2.72. The van der Waals surface area contributed by atoms with Gasteiger partial charge < -0.3 is 9.84 Å². The number of rotatable bonds is 2. The van der Waals surface area contributed by atoms with E-state index < -0.39 is 21.2 Å². The topological polar surface area (TPSA) is 63.6 Å². The molecule has 0 aromatic rings. The highest BCUT2D eigenvalue weighted by Crippen LogP contribution is 2.29. The van der Waals surface area contributed by atoms with Gasteiger partial charge in [-0.3, -0.25) is 0 Å². The highest BCUT2D eigenvalue weighted by atomic mass is 32.2. The largest absolute Gasteiger partial charge is 0.391 e. The zero-order valence-corrected chi connectivity index (χ0v) is 10.3. The van der Waals surface area contributed by atoms with E-state index in [9.17, 15) is 13.5 Å². The summed E-state index contributed by atoms with van der Waals surface area (Å²) in [5.74, 6) is 0.351. The molecule has 0 bridgehead atoms. The molecule has 0 radical (unpaired) electrons. The molecule has 0 saturated carbocycles. The van der Waals surface area contributed by atoms with Crippen molar-refractivity contribution < 1.29 is 18.3 Å². The molecule has 2 saturated heterocycles. The van der Waals surface area contributed by atoms with Crippen molar-refractivity contribution in [3.05, 3.63) is 0 Å². The van der Waals surface area contributed by atoms with E-state index in [4.69, 9.17) is 4.74 Å². The minimum atomic E-state index is -3.06. The zero-order chi connectivity index (χ0) is 11.6. The summed E-state index contributed by atoms with van der Waals surface area (Å²) in [5.41, 5.74) is 0. The van der Waals surface area contributed by atoms with E-state index in [0.717, 1.165) is 25.7 Å². The second-order valence-electron chi connectivity index (χ2n) is 4.84. The zero-order valence-electron chi connectivity index (χ0n) is 9.47. The van der Waals surface area contributed by atoms with Gasteiger partial charge in [0.1, 0.15) is 0 Å². The van der Waals surface area contributed by atoms with E-state index in [0.29, 0.717) is 19.6 Å². The fourth-order valence-corrected chi connectivity index (χ4v) is 4.81. The maximum atomic E-state index is 11.9. The summed E-state index contributed by atoms with van der Waals surface area (Å²) in [7, 11) is -3.06. The van der Waals surface area contributed by atoms with Gasteiger partial charge in [0.15, 0.2) is 9.84 Å². The maximum absolute atomic E-state index is 11.9. The number of ether oxygens (including phenoxy) is 1. The SMILES string of the molecule is O=S1(=O)CCCCC1C(O)C1CCOCC1. The lowest BCUT2D eigenvalue weighted by Gasteiger charge is -2.33. The van der Waals surface area contributed by atoms with Crippen LogP contribution in [0.15, 0.2) is 0 Å². The summed E-state index contributed by atoms with van der Waals surface area (Å²) in [5, 5.41) is 9.68. The maximum Gasteiger partial charge on any atom is 0.155 e. The first kappa shape index (κ1) is 12.3. The number of hydrogen-bond acceptors (Lipinski definition) is 4. The number of aliphatic hydroxyl groups is 1. The van der Waals surface area contributed by atoms with Crippen LogP contribution in [0.25, 0.3) is 0 Å². The quantitative estimate of drug-likeness (QED) is 0.783. The smallest absolute Gasteiger partial charge is 0.155 e. The molecule has 5 heteroatoms. The first-order valence-electron chi connectivity index (χ1n) is 6.08. The second-order valence-corrected chi connectivity index (χ2v) is 7.18. The molecule has 2 aliphatic heterocycles. The van der Waals surface area contributed by atoms with Crippen LogP contribution >= 0.6 is 0 Å². The van der Waals surface area contributed by atoms with Gasteiger partial charge >= 0.3 is 0 Å². The monoisotopic (exact) mass is 248 g/mol. The minimum absolute atomic E-state index is 0.103. The van der Waals surface area contributed by atoms with Gasteiger partial charge in [0.25, 0.3) is 0 Å². The third kappa shape index (κ3) is 2.57. The molecule has 2 unspecified atom stereocenters. The van der Waals surface area contributed by atoms with Crippen LogP contribution in [0.5, 0.6) is 0 Å². The van der Waals surface area contributed by atoms with Crippen LogP contribution in [0.4, 0.5) is 0 Å². The average molecular weight is 248 g/mol. The average Bonchev–Trinajstić information content (AvgIpc) is 2.29. The molecule has 2 atom stereocenters. The Morgan fingerprint density at radius 1 is 1.12 bits per heavy atom. The van der Waals surface area contributed by atoms with Crippen molar-refractivity contribution in [2.75, 3.05) is 19.0 Å². The summed E-state index contributed by atoms with van der Waals surface area (Å²) in [6.07, 6.45) is 3.18. The Balaban J connectivity index is 2.04. The Morgan fingerprint density at radius 3 is 2.44 bits per heavy atom. The fraction of sp³-hybridized carbons (Fsp3) is 1.00. The molecule has 0 aromatic carbocycles. The molecule has 0 spiro atoms. The van der Waals surface area contributed by atoms with Gasteiger partial charge in [0, 0.05) is 13.2 Å². The van der Waals surface area contributed by atoms with Crippen LogP contribution in [-0.4, -0.2) is 43.8 Å². The lowest BCUT2D eigenvalue weighted by Crippen LogP contribution is -2.44. The Hall–Kier alpha value is -0.130. The van der Waals surface area contributed by atoms with Crippen molar-refractivity contribution >= 4 is 9.84 Å². The molecular formula is C11H20O4S. The number of aliphatic hydroxyl groups excluding tert-OH is 1. The number of sulfone groups is 1. The van der Waals surface area contributed by atoms with Gasteiger partial charge in [-0.2, -0.15) is 0 Å². The summed E-state index contributed by atoms with van der Waals surface area (Å²) in [6, 6.07) is 0. The van der Waals surface area contributed by atoms with Crippen LogP contribution in [0.1, 0.15) is 32.1 Å². The summed E-state index contributed by atoms with van der Waals surface area (Å²) < 4.78 is 29.0. The molecule has 2 aliphatic rings. The molecule has 2 heterocycles. The predicted octanol–water partition coefficient (Wildman–Crippen LogP) is 0.741. The van der Waals surface area contributed by atoms with Gasteiger partial charge in [0.2, 0.25) is 0 Å². The molecule has 0 aliphatic carbocycles. The second kappa shape index (κ2) is 5.02. The summed E-state index contributed by atoms with van der Waals surface area (Å²) in [4.78, 5) is 0. The Bertz CT molecular complexity index is 319. The molecule has 16 heavy (non-hydrogen) atoms. The molecule has 2 rings (SSSR count). The van der Waals surface area contributed by atoms with Crippen LogP contribution in [0, 0.1) is 5.92 Å². The third-order valence-corrected chi connectivity index (χ3v) is 6.05. The van der Waals surface area contributed by atoms with Crippen molar-refractivity contribution in [1.29, 1.82) is 0 Å². The van der Waals surface area contributed by atoms with E-state index in [1.165, 1.54) is 0 Å². The Labute approximate surface area is 96.9 Å². The van der Waals surface area contributed by atoms with Crippen molar-refractivity contribution in [2.24, 2.45) is 5.92 Å². The van der Waals surface area contributed by atoms with Crippen LogP contribution in [0.3, 0.4) is 0 Å². The van der Waals surface area contributed by atoms with Gasteiger partial charge in [-0.15, -0.1) is 0 Å². The predicted molar refractivity (Wildman–Crippen MR) is 61.0 cm³/mol. The van der Waals surface area contributed by atoms with E-state index >= 15 is 0 Å². The highest BCUT2D eigenvalue weighted by Gasteiger charge is 2.38. The summed E-state index contributed by atoms with van der Waals surface area (Å²) >= 11 is 0. The van der Waals surface area contributed by atoms with E-state index in [1.807, 2.05) is 0 Å². The van der Waals surface area contributed by atoms with Crippen LogP contribution < -0.4 is 0 Å². The van der Waals surface area contributed by atoms with Gasteiger partial charge in [0.05, 0.1) is 17.1 Å². The highest BCUT2D eigenvalue weighted by molar-refractivity contribution is 7.92. The molecular weight excluding hydrogens is 228 g/mol. The molecule has 0 aromatic heterocycles. The number of hydrogen-bond donors (Lipinski definition) is 1. The first-order chi connectivity index (χ1) is 7.61. The molecule has 2 fully saturated rings. The molecule has 1 N–H and O–H groups in total. The summed E-state index contributed by atoms with van der Waals surface area (Å²) in [6.45, 7) is 1.29. The van der Waals surface area contributed by atoms with Crippen LogP contribution in [-0.2, 0) is 14.6 Å². The van der Waals surface area contributed by atoms with E-state index in [2.05, 4.69) is 0 Å². The van der Waals surface area contributed by atoms with Gasteiger partial charge in [-0.05, 0) is 31.6 Å². The minimum Gasteiger partial charge on any atom is -0.391 e. The van der Waals surface area contributed by atoms with Crippen molar-refractivity contribution in [2.45, 2.75) is 43.5 Å². The van der Waals surface area contributed by atoms with Gasteiger partial charge in [-0.25, -0.2) is 8.42 Å². The first-order valence-corrected chi connectivity index (χ1v) is 7.80. The van der Waals surface area contributed by atoms with E-state index in [1.54, 1.807) is 0 Å². The lowest BCUT2D eigenvalue weighted by molar-refractivity contribution is 0.00517. The standard InChI is InChI=1S/C11H20O4S/c12-11(9-4-6-15-7-5-9)10-3-1-2-8-16(10,13)14/h9-12H,1-8H2. The van der Waals surface area contributed by atoms with Gasteiger partial charge in [-0.1, -0.05) is 6.42 Å². The van der Waals surface area contributed by atoms with Crippen molar-refractivity contribution in [3.63, 3.8) is 0 Å². The van der Waals surface area contributed by atoms with Crippen molar-refractivity contribution in [1.82, 2.24) is 0 Å². The molecule has 4 nitrogen and oxygen atoms in total. The molecule has 0 amide bonds. The normalized spacial score (nSPS) is 33.4. The van der Waals surface area contributed by atoms with Crippen LogP contribution in [0.2, 0.25) is 0 Å². The Morgan fingerprint density at radius 2 is 1.81 bits per heavy atom. The lowest BCUT2D eigenvalue weighted by atomic mass is 9.90. The third-order valence-electron chi connectivity index (χ3n) is 3.76. The Kier molecular flexibility index (Phi) is 3.87. The van der Waals surface area contributed by atoms with E-state index in [-0.39, 0.29) is 11.7 Å². The molecule has 94 valence electrons. The van der Waals surface area contributed by atoms with Crippen molar-refractivity contribution in [3.8, 4) is 0 Å².